The van der Waals surface area contributed by atoms with Crippen LogP contribution in [0.15, 0.2) is 60.8 Å². The second-order valence-electron chi connectivity index (χ2n) is 7.98. The minimum atomic E-state index is -0.671. The molecule has 2 aromatic carbocycles. The first-order chi connectivity index (χ1) is 15.0. The van der Waals surface area contributed by atoms with Gasteiger partial charge in [0.25, 0.3) is 5.91 Å². The fourth-order valence-electron chi connectivity index (χ4n) is 3.95. The van der Waals surface area contributed by atoms with Crippen LogP contribution in [0.2, 0.25) is 0 Å². The summed E-state index contributed by atoms with van der Waals surface area (Å²) in [4.78, 5) is 41.7. The number of aryl methyl sites for hydroxylation is 1. The quantitative estimate of drug-likeness (QED) is 0.491. The number of carbonyl (C=O) groups excluding carboxylic acids is 3. The standard InChI is InChI=1S/C24H26N4O3/c1-16(11-12-17-7-3-2-4-8-17)26-22(29)15-28-23(30)21(27-24(28)31)13-18-14-25-20-10-6-5-9-19(18)20/h2-10,14,16,21,25H,11-13,15H2,1H3,(H,26,29)(H,27,31). The number of hydrogen-bond acceptors (Lipinski definition) is 3. The van der Waals surface area contributed by atoms with Gasteiger partial charge in [-0.3, -0.25) is 14.5 Å². The van der Waals surface area contributed by atoms with Gasteiger partial charge >= 0.3 is 6.03 Å². The highest BCUT2D eigenvalue weighted by Crippen LogP contribution is 2.21. The van der Waals surface area contributed by atoms with E-state index < -0.39 is 12.1 Å². The van der Waals surface area contributed by atoms with Gasteiger partial charge < -0.3 is 15.6 Å². The van der Waals surface area contributed by atoms with Crippen LogP contribution in [0.5, 0.6) is 0 Å². The molecule has 3 aromatic rings. The average molecular weight is 418 g/mol. The van der Waals surface area contributed by atoms with Crippen molar-refractivity contribution in [3.8, 4) is 0 Å². The van der Waals surface area contributed by atoms with Crippen molar-refractivity contribution in [1.29, 1.82) is 0 Å². The molecule has 2 unspecified atom stereocenters. The summed E-state index contributed by atoms with van der Waals surface area (Å²) in [7, 11) is 0. The Morgan fingerprint density at radius 2 is 1.84 bits per heavy atom. The number of benzene rings is 2. The number of rotatable bonds is 8. The highest BCUT2D eigenvalue weighted by molar-refractivity contribution is 6.06. The normalized spacial score (nSPS) is 17.1. The molecule has 2 atom stereocenters. The molecule has 7 nitrogen and oxygen atoms in total. The summed E-state index contributed by atoms with van der Waals surface area (Å²) in [6.45, 7) is 1.65. The zero-order chi connectivity index (χ0) is 21.8. The van der Waals surface area contributed by atoms with E-state index in [0.29, 0.717) is 6.42 Å². The van der Waals surface area contributed by atoms with Crippen LogP contribution in [0, 0.1) is 0 Å². The maximum atomic E-state index is 12.8. The summed E-state index contributed by atoms with van der Waals surface area (Å²) in [5, 5.41) is 6.61. The Morgan fingerprint density at radius 1 is 1.10 bits per heavy atom. The van der Waals surface area contributed by atoms with Crippen LogP contribution in [0.1, 0.15) is 24.5 Å². The molecular formula is C24H26N4O3. The van der Waals surface area contributed by atoms with Gasteiger partial charge in [0.1, 0.15) is 12.6 Å². The molecule has 160 valence electrons. The molecular weight excluding hydrogens is 392 g/mol. The number of hydrogen-bond donors (Lipinski definition) is 3. The summed E-state index contributed by atoms with van der Waals surface area (Å²) in [5.74, 6) is -0.709. The molecule has 0 radical (unpaired) electrons. The highest BCUT2D eigenvalue weighted by Gasteiger charge is 2.39. The fourth-order valence-corrected chi connectivity index (χ4v) is 3.95. The number of nitrogens with one attached hydrogen (secondary N) is 3. The molecule has 0 bridgehead atoms. The average Bonchev–Trinajstić information content (AvgIpc) is 3.29. The summed E-state index contributed by atoms with van der Waals surface area (Å²) in [5.41, 5.74) is 3.14. The van der Waals surface area contributed by atoms with Crippen molar-refractivity contribution < 1.29 is 14.4 Å². The second-order valence-corrected chi connectivity index (χ2v) is 7.98. The number of imide groups is 1. The van der Waals surface area contributed by atoms with Crippen LogP contribution < -0.4 is 10.6 Å². The van der Waals surface area contributed by atoms with E-state index in [1.165, 1.54) is 5.56 Å². The van der Waals surface area contributed by atoms with Crippen molar-refractivity contribution in [3.63, 3.8) is 0 Å². The lowest BCUT2D eigenvalue weighted by Crippen LogP contribution is -2.44. The van der Waals surface area contributed by atoms with Crippen LogP contribution in [-0.4, -0.2) is 46.4 Å². The van der Waals surface area contributed by atoms with Gasteiger partial charge in [0, 0.05) is 29.6 Å². The summed E-state index contributed by atoms with van der Waals surface area (Å²) in [6.07, 6.45) is 3.85. The molecule has 1 aliphatic rings. The van der Waals surface area contributed by atoms with Crippen LogP contribution in [0.25, 0.3) is 10.9 Å². The number of urea groups is 1. The van der Waals surface area contributed by atoms with Crippen molar-refractivity contribution in [2.75, 3.05) is 6.54 Å². The van der Waals surface area contributed by atoms with Gasteiger partial charge in [0.2, 0.25) is 5.91 Å². The molecule has 7 heteroatoms. The Labute approximate surface area is 180 Å². The molecule has 2 heterocycles. The van der Waals surface area contributed by atoms with E-state index in [2.05, 4.69) is 27.8 Å². The summed E-state index contributed by atoms with van der Waals surface area (Å²) in [6, 6.07) is 16.6. The summed E-state index contributed by atoms with van der Waals surface area (Å²) < 4.78 is 0. The first-order valence-electron chi connectivity index (χ1n) is 10.5. The number of para-hydroxylation sites is 1. The van der Waals surface area contributed by atoms with Crippen molar-refractivity contribution in [3.05, 3.63) is 71.9 Å². The second kappa shape index (κ2) is 9.04. The molecule has 0 aliphatic carbocycles. The van der Waals surface area contributed by atoms with E-state index in [1.807, 2.05) is 55.6 Å². The number of H-pyrrole nitrogens is 1. The number of fused-ring (bicyclic) bond motifs is 1. The Kier molecular flexibility index (Phi) is 6.02. The SMILES string of the molecule is CC(CCc1ccccc1)NC(=O)CN1C(=O)NC(Cc2c[nH]c3ccccc23)C1=O. The lowest BCUT2D eigenvalue weighted by molar-refractivity contribution is -0.132. The van der Waals surface area contributed by atoms with Crippen LogP contribution in [-0.2, 0) is 22.4 Å². The topological polar surface area (TPSA) is 94.3 Å². The van der Waals surface area contributed by atoms with Gasteiger partial charge in [0.05, 0.1) is 0 Å². The van der Waals surface area contributed by atoms with Crippen molar-refractivity contribution in [1.82, 2.24) is 20.5 Å². The van der Waals surface area contributed by atoms with Crippen LogP contribution >= 0.6 is 0 Å². The third-order valence-corrected chi connectivity index (χ3v) is 5.62. The van der Waals surface area contributed by atoms with E-state index in [9.17, 15) is 14.4 Å². The van der Waals surface area contributed by atoms with E-state index in [1.54, 1.807) is 0 Å². The first-order valence-corrected chi connectivity index (χ1v) is 10.5. The van der Waals surface area contributed by atoms with Gasteiger partial charge in [0.15, 0.2) is 0 Å². The molecule has 4 amide bonds. The highest BCUT2D eigenvalue weighted by atomic mass is 16.2. The van der Waals surface area contributed by atoms with E-state index in [4.69, 9.17) is 0 Å². The van der Waals surface area contributed by atoms with E-state index in [-0.39, 0.29) is 24.4 Å². The largest absolute Gasteiger partial charge is 0.361 e. The lowest BCUT2D eigenvalue weighted by atomic mass is 10.1. The third-order valence-electron chi connectivity index (χ3n) is 5.62. The first kappa shape index (κ1) is 20.7. The fraction of sp³-hybridized carbons (Fsp3) is 0.292. The maximum Gasteiger partial charge on any atom is 0.325 e. The molecule has 1 fully saturated rings. The number of amides is 4. The number of aromatic amines is 1. The van der Waals surface area contributed by atoms with E-state index >= 15 is 0 Å². The van der Waals surface area contributed by atoms with Gasteiger partial charge in [-0.05, 0) is 37.0 Å². The van der Waals surface area contributed by atoms with Crippen molar-refractivity contribution in [2.24, 2.45) is 0 Å². The third kappa shape index (κ3) is 4.77. The molecule has 3 N–H and O–H groups in total. The molecule has 1 aromatic heterocycles. The smallest absolute Gasteiger partial charge is 0.325 e. The van der Waals surface area contributed by atoms with Crippen LogP contribution in [0.3, 0.4) is 0 Å². The molecule has 1 saturated heterocycles. The Hall–Kier alpha value is -3.61. The molecule has 0 spiro atoms. The molecule has 31 heavy (non-hydrogen) atoms. The predicted molar refractivity (Wildman–Crippen MR) is 118 cm³/mol. The monoisotopic (exact) mass is 418 g/mol. The number of nitrogens with zero attached hydrogens (tertiary/aromatic N) is 1. The molecule has 0 saturated carbocycles. The lowest BCUT2D eigenvalue weighted by Gasteiger charge is -2.17. The molecule has 1 aliphatic heterocycles. The van der Waals surface area contributed by atoms with Crippen molar-refractivity contribution in [2.45, 2.75) is 38.3 Å². The Morgan fingerprint density at radius 3 is 2.65 bits per heavy atom. The predicted octanol–water partition coefficient (Wildman–Crippen LogP) is 2.77. The Balaban J connectivity index is 1.30. The summed E-state index contributed by atoms with van der Waals surface area (Å²) >= 11 is 0. The van der Waals surface area contributed by atoms with Crippen LogP contribution in [0.4, 0.5) is 4.79 Å². The maximum absolute atomic E-state index is 12.8. The number of aromatic nitrogens is 1. The van der Waals surface area contributed by atoms with Gasteiger partial charge in [-0.2, -0.15) is 0 Å². The Bertz CT molecular complexity index is 1090. The van der Waals surface area contributed by atoms with Gasteiger partial charge in [-0.25, -0.2) is 4.79 Å². The zero-order valence-corrected chi connectivity index (χ0v) is 17.4. The minimum absolute atomic E-state index is 0.0597. The van der Waals surface area contributed by atoms with Gasteiger partial charge in [-0.15, -0.1) is 0 Å². The van der Waals surface area contributed by atoms with E-state index in [0.717, 1.165) is 34.2 Å². The van der Waals surface area contributed by atoms with Crippen molar-refractivity contribution >= 4 is 28.7 Å². The number of carbonyl (C=O) groups is 3. The molecule has 4 rings (SSSR count). The van der Waals surface area contributed by atoms with Gasteiger partial charge in [-0.1, -0.05) is 48.5 Å². The minimum Gasteiger partial charge on any atom is -0.361 e. The zero-order valence-electron chi connectivity index (χ0n) is 17.4.